The van der Waals surface area contributed by atoms with E-state index in [1.54, 1.807) is 32.0 Å². The fourth-order valence-corrected chi connectivity index (χ4v) is 2.69. The molecule has 0 radical (unpaired) electrons. The number of carbonyl (C=O) groups excluding carboxylic acids is 1. The lowest BCUT2D eigenvalue weighted by atomic mass is 10.2. The number of ether oxygens (including phenoxy) is 2. The highest BCUT2D eigenvalue weighted by Crippen LogP contribution is 2.23. The molecule has 1 aromatic heterocycles. The molecule has 3 rings (SSSR count). The second kappa shape index (κ2) is 9.03. The maximum Gasteiger partial charge on any atom is 0.349 e. The molecule has 3 aromatic rings. The summed E-state index contributed by atoms with van der Waals surface area (Å²) in [6, 6.07) is 10.0. The Morgan fingerprint density at radius 3 is 2.71 bits per heavy atom. The molecule has 1 N–H and O–H groups in total. The summed E-state index contributed by atoms with van der Waals surface area (Å²) >= 11 is 0. The SMILES string of the molecule is CC(C)OC(=O)COc1ccc([N+](=O)[O-])cc1C=Nn1c(=O)[nH]c2ccccc2c1=O. The molecule has 0 spiro atoms. The number of H-pyrrole nitrogens is 1. The van der Waals surface area contributed by atoms with E-state index in [0.29, 0.717) is 10.2 Å². The van der Waals surface area contributed by atoms with Gasteiger partial charge in [-0.1, -0.05) is 12.1 Å². The predicted molar refractivity (Wildman–Crippen MR) is 112 cm³/mol. The molecule has 0 aliphatic carbocycles. The molecule has 11 heteroatoms. The van der Waals surface area contributed by atoms with Crippen molar-refractivity contribution in [3.05, 3.63) is 79.0 Å². The average Bonchev–Trinajstić information content (AvgIpc) is 2.71. The van der Waals surface area contributed by atoms with Gasteiger partial charge in [-0.2, -0.15) is 5.10 Å². The topological polar surface area (TPSA) is 146 Å². The molecule has 0 saturated heterocycles. The summed E-state index contributed by atoms with van der Waals surface area (Å²) in [5.74, 6) is -0.543. The molecule has 0 bridgehead atoms. The van der Waals surface area contributed by atoms with Gasteiger partial charge in [-0.05, 0) is 32.0 Å². The van der Waals surface area contributed by atoms with Crippen LogP contribution < -0.4 is 16.0 Å². The van der Waals surface area contributed by atoms with Gasteiger partial charge in [0.05, 0.1) is 28.1 Å². The number of aromatic nitrogens is 2. The standard InChI is InChI=1S/C20H18N4O7/c1-12(2)31-18(25)11-30-17-8-7-14(24(28)29)9-13(17)10-21-23-19(26)15-5-3-4-6-16(15)22-20(23)27/h3-10,12H,11H2,1-2H3,(H,22,27). The third-order valence-electron chi connectivity index (χ3n) is 4.01. The van der Waals surface area contributed by atoms with Crippen LogP contribution in [0.2, 0.25) is 0 Å². The zero-order valence-corrected chi connectivity index (χ0v) is 16.6. The Morgan fingerprint density at radius 2 is 2.00 bits per heavy atom. The highest BCUT2D eigenvalue weighted by atomic mass is 16.6. The Labute approximate surface area is 174 Å². The molecule has 1 heterocycles. The molecule has 0 fully saturated rings. The van der Waals surface area contributed by atoms with Gasteiger partial charge in [0.1, 0.15) is 5.75 Å². The second-order valence-corrected chi connectivity index (χ2v) is 6.64. The fraction of sp³-hybridized carbons (Fsp3) is 0.200. The summed E-state index contributed by atoms with van der Waals surface area (Å²) in [5.41, 5.74) is -1.27. The van der Waals surface area contributed by atoms with Crippen molar-refractivity contribution in [1.29, 1.82) is 0 Å². The maximum absolute atomic E-state index is 12.6. The summed E-state index contributed by atoms with van der Waals surface area (Å²) in [4.78, 5) is 49.6. The van der Waals surface area contributed by atoms with Crippen molar-refractivity contribution in [3.63, 3.8) is 0 Å². The lowest BCUT2D eigenvalue weighted by Gasteiger charge is -2.11. The highest BCUT2D eigenvalue weighted by Gasteiger charge is 2.14. The minimum Gasteiger partial charge on any atom is -0.481 e. The van der Waals surface area contributed by atoms with E-state index >= 15 is 0 Å². The van der Waals surface area contributed by atoms with E-state index in [0.717, 1.165) is 12.3 Å². The Morgan fingerprint density at radius 1 is 1.26 bits per heavy atom. The molecule has 0 saturated carbocycles. The number of nitrogens with zero attached hydrogens (tertiary/aromatic N) is 3. The minimum absolute atomic E-state index is 0.0836. The first-order valence-corrected chi connectivity index (χ1v) is 9.15. The number of esters is 1. The zero-order chi connectivity index (χ0) is 22.5. The van der Waals surface area contributed by atoms with E-state index in [1.165, 1.54) is 18.2 Å². The number of rotatable bonds is 7. The third kappa shape index (κ3) is 5.01. The maximum atomic E-state index is 12.6. The van der Waals surface area contributed by atoms with Gasteiger partial charge in [-0.25, -0.2) is 9.59 Å². The summed E-state index contributed by atoms with van der Waals surface area (Å²) in [7, 11) is 0. The van der Waals surface area contributed by atoms with Crippen molar-refractivity contribution in [2.24, 2.45) is 5.10 Å². The second-order valence-electron chi connectivity index (χ2n) is 6.64. The highest BCUT2D eigenvalue weighted by molar-refractivity contribution is 5.85. The first-order chi connectivity index (χ1) is 14.8. The molecule has 160 valence electrons. The fourth-order valence-electron chi connectivity index (χ4n) is 2.69. The third-order valence-corrected chi connectivity index (χ3v) is 4.01. The lowest BCUT2D eigenvalue weighted by Crippen LogP contribution is -2.32. The van der Waals surface area contributed by atoms with Crippen LogP contribution in [0.5, 0.6) is 5.75 Å². The lowest BCUT2D eigenvalue weighted by molar-refractivity contribution is -0.384. The summed E-state index contributed by atoms with van der Waals surface area (Å²) < 4.78 is 11.0. The summed E-state index contributed by atoms with van der Waals surface area (Å²) in [6.45, 7) is 2.93. The Bertz CT molecular complexity index is 1290. The first kappa shape index (κ1) is 21.4. The Balaban J connectivity index is 1.98. The van der Waals surface area contributed by atoms with Crippen molar-refractivity contribution in [1.82, 2.24) is 9.66 Å². The summed E-state index contributed by atoms with van der Waals surface area (Å²) in [6.07, 6.45) is 0.738. The number of nitro groups is 1. The molecule has 2 aromatic carbocycles. The van der Waals surface area contributed by atoms with Gasteiger partial charge in [0.2, 0.25) is 0 Å². The number of carbonyl (C=O) groups is 1. The van der Waals surface area contributed by atoms with Crippen molar-refractivity contribution < 1.29 is 19.2 Å². The van der Waals surface area contributed by atoms with Crippen LogP contribution >= 0.6 is 0 Å². The van der Waals surface area contributed by atoms with Crippen LogP contribution in [0.25, 0.3) is 10.9 Å². The largest absolute Gasteiger partial charge is 0.481 e. The molecule has 11 nitrogen and oxygen atoms in total. The number of non-ortho nitro benzene ring substituents is 1. The molecular weight excluding hydrogens is 408 g/mol. The van der Waals surface area contributed by atoms with Gasteiger partial charge in [-0.15, -0.1) is 4.68 Å². The molecule has 0 amide bonds. The van der Waals surface area contributed by atoms with Crippen LogP contribution in [0.3, 0.4) is 0 Å². The normalized spacial score (nSPS) is 11.2. The number of nitrogens with one attached hydrogen (secondary N) is 1. The zero-order valence-electron chi connectivity index (χ0n) is 16.6. The van der Waals surface area contributed by atoms with E-state index in [-0.39, 0.29) is 28.5 Å². The number of hydrogen-bond acceptors (Lipinski definition) is 8. The number of fused-ring (bicyclic) bond motifs is 1. The van der Waals surface area contributed by atoms with E-state index < -0.39 is 28.7 Å². The van der Waals surface area contributed by atoms with Crippen LogP contribution in [-0.4, -0.2) is 39.5 Å². The van der Waals surface area contributed by atoms with Crippen molar-refractivity contribution >= 4 is 28.8 Å². The van der Waals surface area contributed by atoms with Crippen LogP contribution in [0.1, 0.15) is 19.4 Å². The van der Waals surface area contributed by atoms with E-state index in [9.17, 15) is 24.5 Å². The van der Waals surface area contributed by atoms with Crippen molar-refractivity contribution in [3.8, 4) is 5.75 Å². The van der Waals surface area contributed by atoms with Gasteiger partial charge < -0.3 is 14.5 Å². The quantitative estimate of drug-likeness (QED) is 0.262. The number of aromatic amines is 1. The molecule has 0 aliphatic rings. The number of hydrogen-bond donors (Lipinski definition) is 1. The molecular formula is C20H18N4O7. The van der Waals surface area contributed by atoms with Gasteiger partial charge in [-0.3, -0.25) is 14.9 Å². The van der Waals surface area contributed by atoms with Crippen LogP contribution in [0.4, 0.5) is 5.69 Å². The summed E-state index contributed by atoms with van der Waals surface area (Å²) in [5, 5.41) is 15.2. The van der Waals surface area contributed by atoms with Gasteiger partial charge in [0.25, 0.3) is 11.2 Å². The first-order valence-electron chi connectivity index (χ1n) is 9.15. The number of para-hydroxylation sites is 1. The van der Waals surface area contributed by atoms with Crippen LogP contribution in [0, 0.1) is 10.1 Å². The molecule has 0 unspecified atom stereocenters. The van der Waals surface area contributed by atoms with Crippen LogP contribution in [0.15, 0.2) is 57.2 Å². The number of nitro benzene ring substituents is 1. The minimum atomic E-state index is -0.784. The van der Waals surface area contributed by atoms with E-state index in [4.69, 9.17) is 9.47 Å². The van der Waals surface area contributed by atoms with Gasteiger partial charge in [0, 0.05) is 17.7 Å². The Kier molecular flexibility index (Phi) is 6.24. The van der Waals surface area contributed by atoms with Gasteiger partial charge in [0.15, 0.2) is 6.61 Å². The average molecular weight is 426 g/mol. The predicted octanol–water partition coefficient (Wildman–Crippen LogP) is 1.81. The van der Waals surface area contributed by atoms with Crippen molar-refractivity contribution in [2.75, 3.05) is 6.61 Å². The molecule has 0 atom stereocenters. The van der Waals surface area contributed by atoms with Crippen molar-refractivity contribution in [2.45, 2.75) is 20.0 Å². The van der Waals surface area contributed by atoms with E-state index in [2.05, 4.69) is 10.1 Å². The molecule has 0 aliphatic heterocycles. The molecule has 31 heavy (non-hydrogen) atoms. The number of benzene rings is 2. The van der Waals surface area contributed by atoms with Crippen LogP contribution in [-0.2, 0) is 9.53 Å². The Hall–Kier alpha value is -4.28. The monoisotopic (exact) mass is 426 g/mol. The smallest absolute Gasteiger partial charge is 0.349 e. The van der Waals surface area contributed by atoms with E-state index in [1.807, 2.05) is 0 Å². The van der Waals surface area contributed by atoms with Gasteiger partial charge >= 0.3 is 11.7 Å².